The summed E-state index contributed by atoms with van der Waals surface area (Å²) in [6.07, 6.45) is 9.35. The van der Waals surface area contributed by atoms with E-state index in [9.17, 15) is 9.59 Å². The Kier molecular flexibility index (Phi) is 4.44. The van der Waals surface area contributed by atoms with Crippen LogP contribution in [0.2, 0.25) is 0 Å². The molecule has 2 N–H and O–H groups in total. The summed E-state index contributed by atoms with van der Waals surface area (Å²) in [4.78, 5) is 26.8. The maximum absolute atomic E-state index is 12.5. The monoisotopic (exact) mass is 345 g/mol. The summed E-state index contributed by atoms with van der Waals surface area (Å²) >= 11 is 0. The number of likely N-dealkylation sites (tertiary alicyclic amines) is 1. The number of urea groups is 1. The Balaban J connectivity index is 1.24. The van der Waals surface area contributed by atoms with Gasteiger partial charge in [0.2, 0.25) is 5.91 Å². The molecule has 1 spiro atoms. The van der Waals surface area contributed by atoms with Crippen LogP contribution in [0, 0.1) is 11.3 Å². The number of hydrogen-bond acceptors (Lipinski definition) is 3. The number of carbonyl (C=O) groups is 2. The van der Waals surface area contributed by atoms with Crippen molar-refractivity contribution in [3.8, 4) is 0 Å². The van der Waals surface area contributed by atoms with Gasteiger partial charge in [0.05, 0.1) is 12.8 Å². The van der Waals surface area contributed by atoms with Gasteiger partial charge in [0.25, 0.3) is 0 Å². The number of nitrogens with one attached hydrogen (secondary N) is 2. The molecular weight excluding hydrogens is 318 g/mol. The van der Waals surface area contributed by atoms with E-state index in [-0.39, 0.29) is 23.3 Å². The zero-order chi connectivity index (χ0) is 17.3. The standard InChI is InChI=1S/C19H27N3O3/c23-17(20-12-15-7-4-10-25-15)16-11-19(16)8-9-22(13-19)18(24)21-14-5-2-1-3-6-14/h4,7,10,14,16H,1-3,5-6,8-9,11-13H2,(H,20,23)(H,21,24). The van der Waals surface area contributed by atoms with E-state index in [1.54, 1.807) is 6.26 Å². The minimum Gasteiger partial charge on any atom is -0.467 e. The van der Waals surface area contributed by atoms with Crippen LogP contribution in [0.5, 0.6) is 0 Å². The fourth-order valence-electron chi connectivity index (χ4n) is 4.46. The molecule has 2 aliphatic carbocycles. The van der Waals surface area contributed by atoms with Gasteiger partial charge >= 0.3 is 6.03 Å². The van der Waals surface area contributed by atoms with Gasteiger partial charge in [-0.2, -0.15) is 0 Å². The van der Waals surface area contributed by atoms with E-state index in [1.165, 1.54) is 19.3 Å². The van der Waals surface area contributed by atoms with Crippen molar-refractivity contribution in [2.45, 2.75) is 57.5 Å². The normalized spacial score (nSPS) is 29.0. The highest BCUT2D eigenvalue weighted by Gasteiger charge is 2.61. The number of nitrogens with zero attached hydrogens (tertiary/aromatic N) is 1. The van der Waals surface area contributed by atoms with Crippen LogP contribution in [-0.4, -0.2) is 36.0 Å². The molecule has 1 aliphatic heterocycles. The quantitative estimate of drug-likeness (QED) is 0.881. The molecular formula is C19H27N3O3. The topological polar surface area (TPSA) is 74.6 Å². The van der Waals surface area contributed by atoms with Gasteiger partial charge in [-0.05, 0) is 37.8 Å². The molecule has 3 fully saturated rings. The Morgan fingerprint density at radius 3 is 2.88 bits per heavy atom. The Bertz CT molecular complexity index is 624. The van der Waals surface area contributed by atoms with Crippen LogP contribution in [-0.2, 0) is 11.3 Å². The third-order valence-corrected chi connectivity index (χ3v) is 6.13. The van der Waals surface area contributed by atoms with Crippen LogP contribution >= 0.6 is 0 Å². The highest BCUT2D eigenvalue weighted by molar-refractivity contribution is 5.83. The Morgan fingerprint density at radius 1 is 1.28 bits per heavy atom. The highest BCUT2D eigenvalue weighted by Crippen LogP contribution is 2.58. The zero-order valence-electron chi connectivity index (χ0n) is 14.6. The van der Waals surface area contributed by atoms with Crippen molar-refractivity contribution in [3.63, 3.8) is 0 Å². The van der Waals surface area contributed by atoms with E-state index >= 15 is 0 Å². The molecule has 2 heterocycles. The maximum Gasteiger partial charge on any atom is 0.317 e. The lowest BCUT2D eigenvalue weighted by Gasteiger charge is -2.26. The molecule has 4 rings (SSSR count). The molecule has 2 atom stereocenters. The molecule has 25 heavy (non-hydrogen) atoms. The molecule has 136 valence electrons. The summed E-state index contributed by atoms with van der Waals surface area (Å²) in [5.74, 6) is 0.892. The van der Waals surface area contributed by atoms with Crippen LogP contribution in [0.1, 0.15) is 50.7 Å². The first-order valence-corrected chi connectivity index (χ1v) is 9.52. The smallest absolute Gasteiger partial charge is 0.317 e. The fraction of sp³-hybridized carbons (Fsp3) is 0.684. The molecule has 0 radical (unpaired) electrons. The predicted octanol–water partition coefficient (Wildman–Crippen LogP) is 2.65. The number of amides is 3. The van der Waals surface area contributed by atoms with Gasteiger partial charge in [0, 0.05) is 30.5 Å². The average Bonchev–Trinajstić information content (AvgIpc) is 2.97. The summed E-state index contributed by atoms with van der Waals surface area (Å²) in [6.45, 7) is 1.91. The summed E-state index contributed by atoms with van der Waals surface area (Å²) in [7, 11) is 0. The van der Waals surface area contributed by atoms with Crippen molar-refractivity contribution in [1.82, 2.24) is 15.5 Å². The predicted molar refractivity (Wildman–Crippen MR) is 92.7 cm³/mol. The van der Waals surface area contributed by atoms with Crippen LogP contribution in [0.15, 0.2) is 22.8 Å². The third-order valence-electron chi connectivity index (χ3n) is 6.13. The molecule has 2 saturated carbocycles. The van der Waals surface area contributed by atoms with Crippen molar-refractivity contribution >= 4 is 11.9 Å². The fourth-order valence-corrected chi connectivity index (χ4v) is 4.46. The molecule has 6 nitrogen and oxygen atoms in total. The van der Waals surface area contributed by atoms with Gasteiger partial charge in [-0.3, -0.25) is 4.79 Å². The van der Waals surface area contributed by atoms with Gasteiger partial charge in [0.1, 0.15) is 5.76 Å². The Morgan fingerprint density at radius 2 is 2.12 bits per heavy atom. The van der Waals surface area contributed by atoms with Crippen LogP contribution in [0.25, 0.3) is 0 Å². The summed E-state index contributed by atoms with van der Waals surface area (Å²) in [6, 6.07) is 4.07. The molecule has 1 saturated heterocycles. The second-order valence-corrected chi connectivity index (χ2v) is 7.87. The minimum atomic E-state index is 0.0111. The second-order valence-electron chi connectivity index (χ2n) is 7.87. The highest BCUT2D eigenvalue weighted by atomic mass is 16.3. The van der Waals surface area contributed by atoms with E-state index in [2.05, 4.69) is 10.6 Å². The first-order valence-electron chi connectivity index (χ1n) is 9.52. The van der Waals surface area contributed by atoms with E-state index in [4.69, 9.17) is 4.42 Å². The number of furan rings is 1. The van der Waals surface area contributed by atoms with E-state index in [1.807, 2.05) is 17.0 Å². The lowest BCUT2D eigenvalue weighted by atomic mass is 9.96. The molecule has 3 amide bonds. The molecule has 0 bridgehead atoms. The largest absolute Gasteiger partial charge is 0.467 e. The maximum atomic E-state index is 12.5. The van der Waals surface area contributed by atoms with Gasteiger partial charge in [-0.1, -0.05) is 19.3 Å². The SMILES string of the molecule is O=C(NCc1ccco1)C1CC12CCN(C(=O)NC1CCCCC1)C2. The lowest BCUT2D eigenvalue weighted by molar-refractivity contribution is -0.123. The van der Waals surface area contributed by atoms with Crippen molar-refractivity contribution in [3.05, 3.63) is 24.2 Å². The molecule has 3 aliphatic rings. The van der Waals surface area contributed by atoms with Crippen molar-refractivity contribution in [2.75, 3.05) is 13.1 Å². The first kappa shape index (κ1) is 16.5. The minimum absolute atomic E-state index is 0.0111. The Labute approximate surface area is 148 Å². The molecule has 6 heteroatoms. The Hall–Kier alpha value is -1.98. The van der Waals surface area contributed by atoms with Gasteiger partial charge < -0.3 is 20.0 Å². The van der Waals surface area contributed by atoms with Crippen molar-refractivity contribution in [2.24, 2.45) is 11.3 Å². The molecule has 0 aromatic carbocycles. The van der Waals surface area contributed by atoms with Gasteiger partial charge in [0.15, 0.2) is 0 Å². The summed E-state index contributed by atoms with van der Waals surface area (Å²) in [5.41, 5.74) is 0.0111. The van der Waals surface area contributed by atoms with E-state index in [0.29, 0.717) is 19.1 Å². The molecule has 1 aromatic heterocycles. The molecule has 2 unspecified atom stereocenters. The molecule has 1 aromatic rings. The van der Waals surface area contributed by atoms with E-state index < -0.39 is 0 Å². The number of hydrogen-bond donors (Lipinski definition) is 2. The number of carbonyl (C=O) groups excluding carboxylic acids is 2. The summed E-state index contributed by atoms with van der Waals surface area (Å²) in [5, 5.41) is 6.14. The van der Waals surface area contributed by atoms with Gasteiger partial charge in [-0.25, -0.2) is 4.79 Å². The third kappa shape index (κ3) is 3.53. The van der Waals surface area contributed by atoms with Crippen molar-refractivity contribution in [1.29, 1.82) is 0 Å². The van der Waals surface area contributed by atoms with Gasteiger partial charge in [-0.15, -0.1) is 0 Å². The zero-order valence-corrected chi connectivity index (χ0v) is 14.6. The average molecular weight is 345 g/mol. The first-order chi connectivity index (χ1) is 12.2. The van der Waals surface area contributed by atoms with E-state index in [0.717, 1.165) is 38.0 Å². The van der Waals surface area contributed by atoms with Crippen LogP contribution in [0.3, 0.4) is 0 Å². The number of rotatable bonds is 4. The summed E-state index contributed by atoms with van der Waals surface area (Å²) < 4.78 is 5.25. The van der Waals surface area contributed by atoms with Crippen LogP contribution < -0.4 is 10.6 Å². The lowest BCUT2D eigenvalue weighted by Crippen LogP contribution is -2.44. The van der Waals surface area contributed by atoms with Crippen LogP contribution in [0.4, 0.5) is 4.79 Å². The second kappa shape index (κ2) is 6.73. The van der Waals surface area contributed by atoms with Crippen molar-refractivity contribution < 1.29 is 14.0 Å².